The van der Waals surface area contributed by atoms with Crippen LogP contribution in [0.4, 0.5) is 5.69 Å². The third kappa shape index (κ3) is 3.21. The first-order chi connectivity index (χ1) is 11.2. The summed E-state index contributed by atoms with van der Waals surface area (Å²) in [5.74, 6) is 0.511. The summed E-state index contributed by atoms with van der Waals surface area (Å²) in [5.41, 5.74) is 2.71. The fraction of sp³-hybridized carbons (Fsp3) is 0.118. The number of hydrogen-bond donors (Lipinski definition) is 1. The van der Waals surface area contributed by atoms with Gasteiger partial charge in [-0.15, -0.1) is 0 Å². The van der Waals surface area contributed by atoms with Crippen molar-refractivity contribution in [3.05, 3.63) is 60.6 Å². The van der Waals surface area contributed by atoms with E-state index in [1.54, 1.807) is 49.4 Å². The molecule has 0 aliphatic rings. The molecule has 3 rings (SSSR count). The van der Waals surface area contributed by atoms with Gasteiger partial charge in [-0.2, -0.15) is 5.10 Å². The molecule has 0 bridgehead atoms. The van der Waals surface area contributed by atoms with Gasteiger partial charge in [0.1, 0.15) is 11.4 Å². The number of aromatic nitrogens is 3. The second-order valence-electron chi connectivity index (χ2n) is 4.97. The Morgan fingerprint density at radius 1 is 1.22 bits per heavy atom. The third-order valence-electron chi connectivity index (χ3n) is 3.40. The molecule has 0 fully saturated rings. The van der Waals surface area contributed by atoms with Crippen LogP contribution in [0.1, 0.15) is 10.5 Å². The van der Waals surface area contributed by atoms with Gasteiger partial charge in [0.15, 0.2) is 0 Å². The number of ether oxygens (including phenoxy) is 1. The van der Waals surface area contributed by atoms with Gasteiger partial charge >= 0.3 is 0 Å². The zero-order chi connectivity index (χ0) is 16.2. The molecule has 0 saturated heterocycles. The molecule has 2 heterocycles. The summed E-state index contributed by atoms with van der Waals surface area (Å²) in [6, 6.07) is 12.9. The number of anilines is 1. The third-order valence-corrected chi connectivity index (χ3v) is 3.40. The molecule has 0 aliphatic heterocycles. The molecule has 1 amide bonds. The smallest absolute Gasteiger partial charge is 0.273 e. The topological polar surface area (TPSA) is 69.0 Å². The first kappa shape index (κ1) is 14.8. The van der Waals surface area contributed by atoms with Gasteiger partial charge in [-0.3, -0.25) is 14.5 Å². The molecule has 1 N–H and O–H groups in total. The zero-order valence-corrected chi connectivity index (χ0v) is 12.9. The van der Waals surface area contributed by atoms with E-state index in [0.717, 1.165) is 11.3 Å². The van der Waals surface area contributed by atoms with Crippen molar-refractivity contribution in [1.82, 2.24) is 14.8 Å². The predicted octanol–water partition coefficient (Wildman–Crippen LogP) is 2.74. The molecular weight excluding hydrogens is 292 g/mol. The maximum Gasteiger partial charge on any atom is 0.273 e. The minimum atomic E-state index is -0.234. The first-order valence-electron chi connectivity index (χ1n) is 7.07. The standard InChI is InChI=1S/C17H16N4O2/c1-21-16(17(22)19-13-6-4-8-18-11-13)10-15(20-21)12-5-3-7-14(9-12)23-2/h3-11H,1-2H3,(H,19,22). The van der Waals surface area contributed by atoms with Gasteiger partial charge in [-0.25, -0.2) is 0 Å². The van der Waals surface area contributed by atoms with E-state index in [4.69, 9.17) is 4.74 Å². The van der Waals surface area contributed by atoms with Gasteiger partial charge in [-0.1, -0.05) is 12.1 Å². The summed E-state index contributed by atoms with van der Waals surface area (Å²) < 4.78 is 6.78. The van der Waals surface area contributed by atoms with Crippen molar-refractivity contribution in [1.29, 1.82) is 0 Å². The number of nitrogens with zero attached hydrogens (tertiary/aromatic N) is 3. The van der Waals surface area contributed by atoms with Crippen molar-refractivity contribution in [2.24, 2.45) is 7.05 Å². The highest BCUT2D eigenvalue weighted by molar-refractivity contribution is 6.03. The lowest BCUT2D eigenvalue weighted by atomic mass is 10.1. The minimum Gasteiger partial charge on any atom is -0.497 e. The Balaban J connectivity index is 1.87. The summed E-state index contributed by atoms with van der Waals surface area (Å²) in [5, 5.41) is 7.20. The molecule has 0 saturated carbocycles. The molecule has 0 radical (unpaired) electrons. The van der Waals surface area contributed by atoms with Crippen LogP contribution in [0.3, 0.4) is 0 Å². The number of aryl methyl sites for hydroxylation is 1. The summed E-state index contributed by atoms with van der Waals surface area (Å²) in [4.78, 5) is 16.4. The normalized spacial score (nSPS) is 10.3. The van der Waals surface area contributed by atoms with Crippen LogP contribution >= 0.6 is 0 Å². The van der Waals surface area contributed by atoms with E-state index in [0.29, 0.717) is 17.1 Å². The first-order valence-corrected chi connectivity index (χ1v) is 7.07. The van der Waals surface area contributed by atoms with E-state index >= 15 is 0 Å². The van der Waals surface area contributed by atoms with Crippen LogP contribution in [0.25, 0.3) is 11.3 Å². The fourth-order valence-electron chi connectivity index (χ4n) is 2.24. The number of methoxy groups -OCH3 is 1. The van der Waals surface area contributed by atoms with E-state index in [1.165, 1.54) is 0 Å². The summed E-state index contributed by atoms with van der Waals surface area (Å²) in [7, 11) is 3.35. The van der Waals surface area contributed by atoms with E-state index < -0.39 is 0 Å². The quantitative estimate of drug-likeness (QED) is 0.804. The molecule has 2 aromatic heterocycles. The van der Waals surface area contributed by atoms with Gasteiger partial charge in [0.25, 0.3) is 5.91 Å². The number of carbonyl (C=O) groups is 1. The molecule has 0 spiro atoms. The molecule has 1 aromatic carbocycles. The van der Waals surface area contributed by atoms with Crippen molar-refractivity contribution in [3.8, 4) is 17.0 Å². The molecular formula is C17H16N4O2. The highest BCUT2D eigenvalue weighted by Gasteiger charge is 2.15. The van der Waals surface area contributed by atoms with Crippen LogP contribution in [0.5, 0.6) is 5.75 Å². The van der Waals surface area contributed by atoms with E-state index in [-0.39, 0.29) is 5.91 Å². The Morgan fingerprint density at radius 2 is 2.09 bits per heavy atom. The van der Waals surface area contributed by atoms with Crippen molar-refractivity contribution >= 4 is 11.6 Å². The van der Waals surface area contributed by atoms with Crippen molar-refractivity contribution in [3.63, 3.8) is 0 Å². The molecule has 116 valence electrons. The predicted molar refractivity (Wildman–Crippen MR) is 87.4 cm³/mol. The van der Waals surface area contributed by atoms with Crippen molar-refractivity contribution < 1.29 is 9.53 Å². The number of rotatable bonds is 4. The van der Waals surface area contributed by atoms with Gasteiger partial charge in [0.2, 0.25) is 0 Å². The summed E-state index contributed by atoms with van der Waals surface area (Å²) in [6.45, 7) is 0. The second kappa shape index (κ2) is 6.31. The monoisotopic (exact) mass is 308 g/mol. The minimum absolute atomic E-state index is 0.234. The van der Waals surface area contributed by atoms with Crippen LogP contribution in [0.2, 0.25) is 0 Å². The van der Waals surface area contributed by atoms with Crippen LogP contribution in [-0.2, 0) is 7.05 Å². The second-order valence-corrected chi connectivity index (χ2v) is 4.97. The average Bonchev–Trinajstić information content (AvgIpc) is 2.98. The largest absolute Gasteiger partial charge is 0.497 e. The lowest BCUT2D eigenvalue weighted by Gasteiger charge is -2.03. The summed E-state index contributed by atoms with van der Waals surface area (Å²) in [6.07, 6.45) is 3.25. The number of benzene rings is 1. The molecule has 6 nitrogen and oxygen atoms in total. The van der Waals surface area contributed by atoms with Gasteiger partial charge in [-0.05, 0) is 30.3 Å². The Labute approximate surface area is 133 Å². The molecule has 3 aromatic rings. The van der Waals surface area contributed by atoms with Crippen molar-refractivity contribution in [2.45, 2.75) is 0 Å². The highest BCUT2D eigenvalue weighted by atomic mass is 16.5. The Bertz CT molecular complexity index is 828. The van der Waals surface area contributed by atoms with Crippen LogP contribution in [-0.4, -0.2) is 27.8 Å². The van der Waals surface area contributed by atoms with Crippen LogP contribution in [0.15, 0.2) is 54.9 Å². The number of nitrogens with one attached hydrogen (secondary N) is 1. The molecule has 6 heteroatoms. The molecule has 23 heavy (non-hydrogen) atoms. The number of hydrogen-bond acceptors (Lipinski definition) is 4. The van der Waals surface area contributed by atoms with Crippen LogP contribution in [0, 0.1) is 0 Å². The highest BCUT2D eigenvalue weighted by Crippen LogP contribution is 2.23. The van der Waals surface area contributed by atoms with Crippen LogP contribution < -0.4 is 10.1 Å². The average molecular weight is 308 g/mol. The SMILES string of the molecule is COc1cccc(-c2cc(C(=O)Nc3cccnc3)n(C)n2)c1. The van der Waals surface area contributed by atoms with Gasteiger partial charge < -0.3 is 10.1 Å². The Morgan fingerprint density at radius 3 is 2.83 bits per heavy atom. The fourth-order valence-corrected chi connectivity index (χ4v) is 2.24. The van der Waals surface area contributed by atoms with E-state index in [1.807, 2.05) is 24.3 Å². The molecule has 0 aliphatic carbocycles. The lowest BCUT2D eigenvalue weighted by molar-refractivity contribution is 0.101. The number of carbonyl (C=O) groups excluding carboxylic acids is 1. The van der Waals surface area contributed by atoms with Gasteiger partial charge in [0.05, 0.1) is 24.7 Å². The maximum absolute atomic E-state index is 12.4. The zero-order valence-electron chi connectivity index (χ0n) is 12.9. The van der Waals surface area contributed by atoms with Crippen molar-refractivity contribution in [2.75, 3.05) is 12.4 Å². The molecule has 0 atom stereocenters. The van der Waals surface area contributed by atoms with E-state index in [2.05, 4.69) is 15.4 Å². The van der Waals surface area contributed by atoms with Gasteiger partial charge in [0, 0.05) is 18.8 Å². The lowest BCUT2D eigenvalue weighted by Crippen LogP contribution is -2.16. The Kier molecular flexibility index (Phi) is 4.05. The number of pyridine rings is 1. The molecule has 0 unspecified atom stereocenters. The van der Waals surface area contributed by atoms with E-state index in [9.17, 15) is 4.79 Å². The Hall–Kier alpha value is -3.15. The maximum atomic E-state index is 12.4. The number of amides is 1. The summed E-state index contributed by atoms with van der Waals surface area (Å²) >= 11 is 0.